The highest BCUT2D eigenvalue weighted by Gasteiger charge is 2.24. The Balaban J connectivity index is 1.52. The molecule has 9 nitrogen and oxygen atoms in total. The zero-order valence-corrected chi connectivity index (χ0v) is 14.9. The van der Waals surface area contributed by atoms with Crippen molar-refractivity contribution in [2.75, 3.05) is 37.7 Å². The number of hydrogen-bond acceptors (Lipinski definition) is 6. The molecular formula is C17H21N7O2. The molecule has 1 saturated heterocycles. The van der Waals surface area contributed by atoms with Crippen LogP contribution in [0.15, 0.2) is 30.7 Å². The Bertz CT molecular complexity index is 924. The molecule has 26 heavy (non-hydrogen) atoms. The number of hydrogen-bond donors (Lipinski definition) is 0. The Morgan fingerprint density at radius 2 is 1.96 bits per heavy atom. The maximum absolute atomic E-state index is 11.8. The fraction of sp³-hybridized carbons (Fsp3) is 0.412. The van der Waals surface area contributed by atoms with Gasteiger partial charge in [-0.05, 0) is 19.1 Å². The maximum atomic E-state index is 11.8. The highest BCUT2D eigenvalue weighted by Crippen LogP contribution is 2.24. The molecule has 0 unspecified atom stereocenters. The van der Waals surface area contributed by atoms with Gasteiger partial charge in [0.2, 0.25) is 0 Å². The minimum absolute atomic E-state index is 0.241. The van der Waals surface area contributed by atoms with Crippen LogP contribution in [0.4, 0.5) is 10.5 Å². The van der Waals surface area contributed by atoms with Crippen molar-refractivity contribution in [3.05, 3.63) is 30.7 Å². The highest BCUT2D eigenvalue weighted by atomic mass is 16.6. The van der Waals surface area contributed by atoms with E-state index in [0.717, 1.165) is 35.6 Å². The number of amides is 1. The standard InChI is InChI=1S/C17H21N7O2/c1-3-26-17(25)23-8-6-22(7-9-23)16-11-19-24-15(16)5-4-14(20-24)13-10-18-21(2)12-13/h4-5,10-12H,3,6-9H2,1-2H3. The van der Waals surface area contributed by atoms with Gasteiger partial charge in [-0.3, -0.25) is 4.68 Å². The van der Waals surface area contributed by atoms with Crippen LogP contribution in [-0.2, 0) is 11.8 Å². The molecule has 1 aliphatic heterocycles. The summed E-state index contributed by atoms with van der Waals surface area (Å²) in [4.78, 5) is 15.8. The van der Waals surface area contributed by atoms with Gasteiger partial charge in [-0.1, -0.05) is 0 Å². The monoisotopic (exact) mass is 355 g/mol. The van der Waals surface area contributed by atoms with Crippen LogP contribution in [0.3, 0.4) is 0 Å². The zero-order valence-electron chi connectivity index (χ0n) is 14.9. The van der Waals surface area contributed by atoms with Gasteiger partial charge in [0.1, 0.15) is 5.52 Å². The van der Waals surface area contributed by atoms with E-state index in [-0.39, 0.29) is 6.09 Å². The van der Waals surface area contributed by atoms with E-state index in [1.165, 1.54) is 0 Å². The lowest BCUT2D eigenvalue weighted by molar-refractivity contribution is 0.105. The van der Waals surface area contributed by atoms with Gasteiger partial charge in [0, 0.05) is 45.0 Å². The van der Waals surface area contributed by atoms with Crippen molar-refractivity contribution in [1.82, 2.24) is 29.5 Å². The molecule has 0 aliphatic carbocycles. The number of anilines is 1. The van der Waals surface area contributed by atoms with Gasteiger partial charge in [-0.25, -0.2) is 4.79 Å². The normalized spacial score (nSPS) is 14.8. The van der Waals surface area contributed by atoms with Crippen LogP contribution in [-0.4, -0.2) is 68.4 Å². The first-order valence-corrected chi connectivity index (χ1v) is 8.66. The van der Waals surface area contributed by atoms with E-state index in [4.69, 9.17) is 4.74 Å². The number of nitrogens with zero attached hydrogens (tertiary/aromatic N) is 7. The van der Waals surface area contributed by atoms with Crippen molar-refractivity contribution in [2.45, 2.75) is 6.92 Å². The summed E-state index contributed by atoms with van der Waals surface area (Å²) in [5.74, 6) is 0. The molecule has 9 heteroatoms. The second-order valence-corrected chi connectivity index (χ2v) is 6.20. The summed E-state index contributed by atoms with van der Waals surface area (Å²) in [6, 6.07) is 4.00. The van der Waals surface area contributed by atoms with Crippen molar-refractivity contribution in [1.29, 1.82) is 0 Å². The second kappa shape index (κ2) is 6.66. The molecule has 0 bridgehead atoms. The third-order valence-electron chi connectivity index (χ3n) is 4.52. The van der Waals surface area contributed by atoms with E-state index < -0.39 is 0 Å². The maximum Gasteiger partial charge on any atom is 0.409 e. The Labute approximate surface area is 150 Å². The molecule has 1 aliphatic rings. The molecule has 1 fully saturated rings. The number of carbonyl (C=O) groups excluding carboxylic acids is 1. The molecule has 0 saturated carbocycles. The molecule has 0 spiro atoms. The number of aryl methyl sites for hydroxylation is 1. The molecule has 1 amide bonds. The Morgan fingerprint density at radius 3 is 2.65 bits per heavy atom. The van der Waals surface area contributed by atoms with Crippen molar-refractivity contribution in [3.8, 4) is 11.3 Å². The van der Waals surface area contributed by atoms with Gasteiger partial charge in [0.15, 0.2) is 0 Å². The number of aromatic nitrogens is 5. The summed E-state index contributed by atoms with van der Waals surface area (Å²) < 4.78 is 8.47. The van der Waals surface area contributed by atoms with Gasteiger partial charge in [0.25, 0.3) is 0 Å². The molecule has 4 rings (SSSR count). The van der Waals surface area contributed by atoms with Gasteiger partial charge >= 0.3 is 6.09 Å². The Morgan fingerprint density at radius 1 is 1.15 bits per heavy atom. The molecule has 136 valence electrons. The average Bonchev–Trinajstić information content (AvgIpc) is 3.27. The highest BCUT2D eigenvalue weighted by molar-refractivity contribution is 5.74. The quantitative estimate of drug-likeness (QED) is 0.707. The third kappa shape index (κ3) is 2.96. The average molecular weight is 355 g/mol. The summed E-state index contributed by atoms with van der Waals surface area (Å²) >= 11 is 0. The van der Waals surface area contributed by atoms with E-state index >= 15 is 0 Å². The van der Waals surface area contributed by atoms with Gasteiger partial charge in [0.05, 0.1) is 30.4 Å². The predicted octanol–water partition coefficient (Wildman–Crippen LogP) is 1.41. The summed E-state index contributed by atoms with van der Waals surface area (Å²) in [5, 5.41) is 13.2. The fourth-order valence-corrected chi connectivity index (χ4v) is 3.16. The van der Waals surface area contributed by atoms with Crippen molar-refractivity contribution >= 4 is 17.3 Å². The molecule has 0 N–H and O–H groups in total. The van der Waals surface area contributed by atoms with Gasteiger partial charge < -0.3 is 14.5 Å². The molecule has 3 aromatic heterocycles. The minimum Gasteiger partial charge on any atom is -0.450 e. The van der Waals surface area contributed by atoms with E-state index in [1.807, 2.05) is 38.5 Å². The van der Waals surface area contributed by atoms with E-state index in [2.05, 4.69) is 20.2 Å². The van der Waals surface area contributed by atoms with Crippen LogP contribution in [0, 0.1) is 0 Å². The SMILES string of the molecule is CCOC(=O)N1CCN(c2cnn3nc(-c4cnn(C)c4)ccc23)CC1. The molecule has 3 aromatic rings. The summed E-state index contributed by atoms with van der Waals surface area (Å²) in [6.45, 7) is 4.97. The van der Waals surface area contributed by atoms with Crippen molar-refractivity contribution in [3.63, 3.8) is 0 Å². The van der Waals surface area contributed by atoms with E-state index in [9.17, 15) is 4.79 Å². The van der Waals surface area contributed by atoms with Crippen LogP contribution in [0.1, 0.15) is 6.92 Å². The summed E-state index contributed by atoms with van der Waals surface area (Å²) in [7, 11) is 1.88. The lowest BCUT2D eigenvalue weighted by Crippen LogP contribution is -2.49. The van der Waals surface area contributed by atoms with Crippen LogP contribution < -0.4 is 4.90 Å². The van der Waals surface area contributed by atoms with Crippen LogP contribution in [0.25, 0.3) is 16.8 Å². The number of piperazine rings is 1. The van der Waals surface area contributed by atoms with Crippen LogP contribution in [0.2, 0.25) is 0 Å². The van der Waals surface area contributed by atoms with Crippen molar-refractivity contribution < 1.29 is 9.53 Å². The first-order valence-electron chi connectivity index (χ1n) is 8.66. The topological polar surface area (TPSA) is 80.8 Å². The molecular weight excluding hydrogens is 334 g/mol. The smallest absolute Gasteiger partial charge is 0.409 e. The van der Waals surface area contributed by atoms with Crippen molar-refractivity contribution in [2.24, 2.45) is 7.05 Å². The molecule has 4 heterocycles. The Kier molecular flexibility index (Phi) is 4.19. The summed E-state index contributed by atoms with van der Waals surface area (Å²) in [5.41, 5.74) is 3.75. The first kappa shape index (κ1) is 16.4. The lowest BCUT2D eigenvalue weighted by Gasteiger charge is -2.34. The van der Waals surface area contributed by atoms with Gasteiger partial charge in [-0.2, -0.15) is 10.2 Å². The number of ether oxygens (including phenoxy) is 1. The van der Waals surface area contributed by atoms with Crippen LogP contribution in [0.5, 0.6) is 0 Å². The van der Waals surface area contributed by atoms with Crippen LogP contribution >= 0.6 is 0 Å². The number of fused-ring (bicyclic) bond motifs is 1. The number of rotatable bonds is 3. The lowest BCUT2D eigenvalue weighted by atomic mass is 10.2. The molecule has 0 atom stereocenters. The predicted molar refractivity (Wildman–Crippen MR) is 96.0 cm³/mol. The fourth-order valence-electron chi connectivity index (χ4n) is 3.16. The minimum atomic E-state index is -0.241. The molecule has 0 aromatic carbocycles. The second-order valence-electron chi connectivity index (χ2n) is 6.20. The van der Waals surface area contributed by atoms with E-state index in [1.54, 1.807) is 20.4 Å². The third-order valence-corrected chi connectivity index (χ3v) is 4.52. The summed E-state index contributed by atoms with van der Waals surface area (Å²) in [6.07, 6.45) is 5.30. The molecule has 0 radical (unpaired) electrons. The van der Waals surface area contributed by atoms with Gasteiger partial charge in [-0.15, -0.1) is 9.73 Å². The zero-order chi connectivity index (χ0) is 18.1. The van der Waals surface area contributed by atoms with E-state index in [0.29, 0.717) is 19.7 Å². The number of carbonyl (C=O) groups is 1. The largest absolute Gasteiger partial charge is 0.450 e. The first-order chi connectivity index (χ1) is 12.7. The Hall–Kier alpha value is -3.10.